The van der Waals surface area contributed by atoms with Gasteiger partial charge in [0.2, 0.25) is 11.8 Å². The molecule has 2 amide bonds. The van der Waals surface area contributed by atoms with E-state index in [1.54, 1.807) is 44.6 Å². The number of carbonyl (C=O) groups excluding carboxylic acids is 2. The summed E-state index contributed by atoms with van der Waals surface area (Å²) in [7, 11) is 3.09. The van der Waals surface area contributed by atoms with Crippen LogP contribution in [0, 0.1) is 5.92 Å². The third kappa shape index (κ3) is 3.57. The molecule has 0 saturated carbocycles. The third-order valence-electron chi connectivity index (χ3n) is 6.00. The quantitative estimate of drug-likeness (QED) is 0.518. The molecular weight excluding hydrogens is 476 g/mol. The van der Waals surface area contributed by atoms with Crippen molar-refractivity contribution in [3.05, 3.63) is 62.6 Å². The van der Waals surface area contributed by atoms with Crippen molar-refractivity contribution in [3.63, 3.8) is 0 Å². The third-order valence-corrected chi connectivity index (χ3v) is 8.40. The van der Waals surface area contributed by atoms with E-state index in [1.807, 2.05) is 19.1 Å². The number of fused-ring (bicyclic) bond motifs is 2. The molecule has 5 rings (SSSR count). The lowest BCUT2D eigenvalue weighted by molar-refractivity contribution is -0.122. The second kappa shape index (κ2) is 8.84. The molecule has 10 heteroatoms. The molecule has 3 atom stereocenters. The molecule has 0 spiro atoms. The molecule has 1 N–H and O–H groups in total. The summed E-state index contributed by atoms with van der Waals surface area (Å²) >= 11 is 2.32. The monoisotopic (exact) mass is 498 g/mol. The summed E-state index contributed by atoms with van der Waals surface area (Å²) in [4.78, 5) is 44.1. The fraction of sp³-hybridized carbons (Fsp3) is 0.292. The number of nitrogens with one attached hydrogen (secondary N) is 1. The predicted octanol–water partition coefficient (Wildman–Crippen LogP) is 3.65. The second-order valence-electron chi connectivity index (χ2n) is 7.80. The SMILES string of the molecule is CCOc1ccc(N2C(=O)[C@@H]3[C@@H](c4ccc(OC)c(OC)c4)c4sc(=O)[nH]c4S[C@H]3C2=O)cc1. The first kappa shape index (κ1) is 22.5. The highest BCUT2D eigenvalue weighted by Crippen LogP contribution is 2.53. The molecule has 2 aliphatic rings. The van der Waals surface area contributed by atoms with Crippen LogP contribution in [-0.4, -0.2) is 42.9 Å². The number of aromatic amines is 1. The number of hydrogen-bond acceptors (Lipinski definition) is 8. The Morgan fingerprint density at radius 2 is 1.71 bits per heavy atom. The average molecular weight is 499 g/mol. The number of benzene rings is 2. The largest absolute Gasteiger partial charge is 0.494 e. The van der Waals surface area contributed by atoms with Gasteiger partial charge >= 0.3 is 4.87 Å². The lowest BCUT2D eigenvalue weighted by Crippen LogP contribution is -2.32. The van der Waals surface area contributed by atoms with E-state index in [-0.39, 0.29) is 16.7 Å². The number of thioether (sulfide) groups is 1. The molecule has 1 fully saturated rings. The number of nitrogens with zero attached hydrogens (tertiary/aromatic N) is 1. The molecule has 1 saturated heterocycles. The number of ether oxygens (including phenoxy) is 3. The van der Waals surface area contributed by atoms with Crippen molar-refractivity contribution in [2.24, 2.45) is 5.92 Å². The number of carbonyl (C=O) groups is 2. The first-order chi connectivity index (χ1) is 16.5. The summed E-state index contributed by atoms with van der Waals surface area (Å²) in [5.74, 6) is 0.000280. The molecule has 0 unspecified atom stereocenters. The molecule has 2 aliphatic heterocycles. The van der Waals surface area contributed by atoms with Crippen LogP contribution in [-0.2, 0) is 9.59 Å². The van der Waals surface area contributed by atoms with Crippen LogP contribution in [0.1, 0.15) is 23.3 Å². The standard InChI is InChI=1S/C24H22N2O6S2/c1-4-32-14-8-6-13(7-9-14)26-22(27)18-17(12-5-10-15(30-2)16(11-12)31-3)19-21(25-24(29)34-19)33-20(18)23(26)28/h5-11,17-18,20H,4H2,1-3H3,(H,25,29)/t17-,18-,20-/m1/s1. The van der Waals surface area contributed by atoms with Crippen LogP contribution >= 0.6 is 23.1 Å². The fourth-order valence-corrected chi connectivity index (χ4v) is 7.05. The number of amides is 2. The topological polar surface area (TPSA) is 97.9 Å². The molecule has 0 bridgehead atoms. The maximum atomic E-state index is 13.8. The Hall–Kier alpha value is -3.24. The summed E-state index contributed by atoms with van der Waals surface area (Å²) in [5.41, 5.74) is 1.27. The zero-order chi connectivity index (χ0) is 24.0. The van der Waals surface area contributed by atoms with Crippen molar-refractivity contribution in [1.29, 1.82) is 0 Å². The van der Waals surface area contributed by atoms with Gasteiger partial charge in [-0.1, -0.05) is 29.2 Å². The van der Waals surface area contributed by atoms with Crippen LogP contribution in [0.15, 0.2) is 52.3 Å². The molecular formula is C24H22N2O6S2. The first-order valence-electron chi connectivity index (χ1n) is 10.7. The Kier molecular flexibility index (Phi) is 5.86. The van der Waals surface area contributed by atoms with Crippen molar-refractivity contribution in [3.8, 4) is 17.2 Å². The highest BCUT2D eigenvalue weighted by molar-refractivity contribution is 8.00. The van der Waals surface area contributed by atoms with E-state index in [2.05, 4.69) is 4.98 Å². The molecule has 3 aromatic rings. The lowest BCUT2D eigenvalue weighted by atomic mass is 9.83. The van der Waals surface area contributed by atoms with Crippen molar-refractivity contribution in [2.75, 3.05) is 25.7 Å². The number of methoxy groups -OCH3 is 2. The fourth-order valence-electron chi connectivity index (χ4n) is 4.53. The van der Waals surface area contributed by atoms with Gasteiger partial charge in [-0.15, -0.1) is 0 Å². The Morgan fingerprint density at radius 3 is 2.38 bits per heavy atom. The van der Waals surface area contributed by atoms with Gasteiger partial charge in [-0.25, -0.2) is 4.90 Å². The summed E-state index contributed by atoms with van der Waals surface area (Å²) in [6, 6.07) is 12.3. The van der Waals surface area contributed by atoms with Gasteiger partial charge in [0, 0.05) is 10.8 Å². The maximum Gasteiger partial charge on any atom is 0.305 e. The van der Waals surface area contributed by atoms with E-state index in [1.165, 1.54) is 16.7 Å². The van der Waals surface area contributed by atoms with Crippen LogP contribution in [0.25, 0.3) is 0 Å². The molecule has 2 aromatic carbocycles. The van der Waals surface area contributed by atoms with Crippen LogP contribution in [0.4, 0.5) is 5.69 Å². The Labute approximate surface area is 203 Å². The van der Waals surface area contributed by atoms with Crippen LogP contribution in [0.5, 0.6) is 17.2 Å². The minimum absolute atomic E-state index is 0.216. The van der Waals surface area contributed by atoms with E-state index < -0.39 is 17.1 Å². The van der Waals surface area contributed by atoms with E-state index in [4.69, 9.17) is 14.2 Å². The number of imide groups is 1. The number of thiazole rings is 1. The van der Waals surface area contributed by atoms with Crippen molar-refractivity contribution in [2.45, 2.75) is 23.1 Å². The predicted molar refractivity (Wildman–Crippen MR) is 130 cm³/mol. The van der Waals surface area contributed by atoms with E-state index in [0.29, 0.717) is 34.6 Å². The Bertz CT molecular complexity index is 1320. The summed E-state index contributed by atoms with van der Waals surface area (Å²) < 4.78 is 16.3. The lowest BCUT2D eigenvalue weighted by Gasteiger charge is -2.30. The van der Waals surface area contributed by atoms with Crippen LogP contribution < -0.4 is 24.0 Å². The average Bonchev–Trinajstić information content (AvgIpc) is 3.34. The Morgan fingerprint density at radius 1 is 0.971 bits per heavy atom. The summed E-state index contributed by atoms with van der Waals surface area (Å²) in [6.07, 6.45) is 0. The second-order valence-corrected chi connectivity index (χ2v) is 9.97. The van der Waals surface area contributed by atoms with E-state index >= 15 is 0 Å². The molecule has 0 radical (unpaired) electrons. The summed E-state index contributed by atoms with van der Waals surface area (Å²) in [6.45, 7) is 2.41. The number of rotatable bonds is 6. The number of H-pyrrole nitrogens is 1. The zero-order valence-electron chi connectivity index (χ0n) is 18.7. The molecule has 3 heterocycles. The smallest absolute Gasteiger partial charge is 0.305 e. The number of aromatic nitrogens is 1. The van der Waals surface area contributed by atoms with Crippen molar-refractivity contribution < 1.29 is 23.8 Å². The zero-order valence-corrected chi connectivity index (χ0v) is 20.3. The summed E-state index contributed by atoms with van der Waals surface area (Å²) in [5, 5.41) is -0.0272. The number of anilines is 1. The van der Waals surface area contributed by atoms with E-state index in [0.717, 1.165) is 21.8 Å². The highest BCUT2D eigenvalue weighted by atomic mass is 32.2. The van der Waals surface area contributed by atoms with Crippen molar-refractivity contribution >= 4 is 40.6 Å². The van der Waals surface area contributed by atoms with E-state index in [9.17, 15) is 14.4 Å². The maximum absolute atomic E-state index is 13.8. The van der Waals surface area contributed by atoms with Gasteiger partial charge in [-0.05, 0) is 48.9 Å². The molecule has 34 heavy (non-hydrogen) atoms. The highest BCUT2D eigenvalue weighted by Gasteiger charge is 2.56. The van der Waals surface area contributed by atoms with Gasteiger partial charge in [-0.2, -0.15) is 0 Å². The van der Waals surface area contributed by atoms with Crippen LogP contribution in [0.2, 0.25) is 0 Å². The first-order valence-corrected chi connectivity index (χ1v) is 12.4. The molecule has 1 aromatic heterocycles. The van der Waals surface area contributed by atoms with Gasteiger partial charge in [0.05, 0.1) is 37.5 Å². The van der Waals surface area contributed by atoms with Crippen molar-refractivity contribution in [1.82, 2.24) is 4.98 Å². The van der Waals surface area contributed by atoms with Gasteiger partial charge < -0.3 is 19.2 Å². The Balaban J connectivity index is 1.60. The van der Waals surface area contributed by atoms with Crippen LogP contribution in [0.3, 0.4) is 0 Å². The van der Waals surface area contributed by atoms with Gasteiger partial charge in [0.1, 0.15) is 11.0 Å². The minimum atomic E-state index is -0.666. The normalized spacial score (nSPS) is 21.3. The molecule has 0 aliphatic carbocycles. The minimum Gasteiger partial charge on any atom is -0.494 e. The molecule has 176 valence electrons. The van der Waals surface area contributed by atoms with Gasteiger partial charge in [-0.3, -0.25) is 14.4 Å². The number of hydrogen-bond donors (Lipinski definition) is 1. The van der Waals surface area contributed by atoms with Gasteiger partial charge in [0.15, 0.2) is 11.5 Å². The molecule has 8 nitrogen and oxygen atoms in total. The van der Waals surface area contributed by atoms with Gasteiger partial charge in [0.25, 0.3) is 0 Å².